The number of nitro groups is 1. The summed E-state index contributed by atoms with van der Waals surface area (Å²) in [5.41, 5.74) is 6.16. The van der Waals surface area contributed by atoms with Crippen molar-refractivity contribution in [3.63, 3.8) is 0 Å². The highest BCUT2D eigenvalue weighted by Crippen LogP contribution is 2.20. The summed E-state index contributed by atoms with van der Waals surface area (Å²) in [7, 11) is 0. The molecule has 0 heterocycles. The van der Waals surface area contributed by atoms with Crippen LogP contribution in [0.15, 0.2) is 18.2 Å². The van der Waals surface area contributed by atoms with Gasteiger partial charge in [0.15, 0.2) is 0 Å². The molecule has 0 aliphatic carbocycles. The van der Waals surface area contributed by atoms with Crippen LogP contribution < -0.4 is 11.1 Å². The first-order chi connectivity index (χ1) is 9.68. The van der Waals surface area contributed by atoms with Gasteiger partial charge in [-0.05, 0) is 31.7 Å². The molecule has 0 aliphatic heterocycles. The van der Waals surface area contributed by atoms with Gasteiger partial charge in [-0.2, -0.15) is 0 Å². The summed E-state index contributed by atoms with van der Waals surface area (Å²) in [5, 5.41) is 13.7. The minimum absolute atomic E-state index is 0. The monoisotopic (exact) mass is 329 g/mol. The van der Waals surface area contributed by atoms with Gasteiger partial charge in [0.2, 0.25) is 0 Å². The number of nitrogens with one attached hydrogen (secondary N) is 1. The molecule has 0 saturated carbocycles. The molecule has 1 rings (SSSR count). The number of nitrogens with two attached hydrogens (primary N) is 1. The fourth-order valence-corrected chi connectivity index (χ4v) is 2.40. The van der Waals surface area contributed by atoms with Crippen LogP contribution in [-0.2, 0) is 0 Å². The Morgan fingerprint density at radius 3 is 2.50 bits per heavy atom. The van der Waals surface area contributed by atoms with Crippen molar-refractivity contribution in [3.8, 4) is 0 Å². The predicted octanol–water partition coefficient (Wildman–Crippen LogP) is 2.82. The fraction of sp³-hybridized carbons (Fsp3) is 0.533. The van der Waals surface area contributed by atoms with Gasteiger partial charge in [0, 0.05) is 29.8 Å². The number of amides is 1. The molecule has 124 valence electrons. The average Bonchev–Trinajstić information content (AvgIpc) is 2.37. The smallest absolute Gasteiger partial charge is 0.270 e. The molecule has 0 aromatic heterocycles. The zero-order valence-corrected chi connectivity index (χ0v) is 14.2. The number of non-ortho nitro benzene ring substituents is 1. The molecular weight excluding hydrogens is 306 g/mol. The molecule has 0 bridgehead atoms. The van der Waals surface area contributed by atoms with Crippen LogP contribution in [0.2, 0.25) is 0 Å². The number of benzene rings is 1. The predicted molar refractivity (Wildman–Crippen MR) is 89.5 cm³/mol. The van der Waals surface area contributed by atoms with Crippen LogP contribution in [0.5, 0.6) is 0 Å². The summed E-state index contributed by atoms with van der Waals surface area (Å²) in [4.78, 5) is 22.7. The molecule has 1 atom stereocenters. The first-order valence-electron chi connectivity index (χ1n) is 6.96. The van der Waals surface area contributed by atoms with Crippen molar-refractivity contribution in [3.05, 3.63) is 39.4 Å². The van der Waals surface area contributed by atoms with Gasteiger partial charge in [0.05, 0.1) is 4.92 Å². The topological polar surface area (TPSA) is 98.3 Å². The van der Waals surface area contributed by atoms with Gasteiger partial charge in [0.1, 0.15) is 0 Å². The van der Waals surface area contributed by atoms with E-state index in [1.165, 1.54) is 12.1 Å². The highest BCUT2D eigenvalue weighted by atomic mass is 35.5. The van der Waals surface area contributed by atoms with Gasteiger partial charge in [-0.25, -0.2) is 0 Å². The Morgan fingerprint density at radius 1 is 1.45 bits per heavy atom. The highest BCUT2D eigenvalue weighted by Gasteiger charge is 2.27. The number of rotatable bonds is 6. The normalized spacial score (nSPS) is 13.2. The van der Waals surface area contributed by atoms with Crippen LogP contribution in [0.3, 0.4) is 0 Å². The quantitative estimate of drug-likeness (QED) is 0.619. The molecule has 1 aromatic rings. The van der Waals surface area contributed by atoms with E-state index in [1.807, 2.05) is 6.92 Å². The van der Waals surface area contributed by atoms with Crippen molar-refractivity contribution in [1.82, 2.24) is 5.32 Å². The van der Waals surface area contributed by atoms with E-state index in [9.17, 15) is 14.9 Å². The Bertz CT molecular complexity index is 549. The molecule has 22 heavy (non-hydrogen) atoms. The van der Waals surface area contributed by atoms with E-state index in [0.29, 0.717) is 23.6 Å². The molecular formula is C15H24ClN3O3. The first kappa shape index (κ1) is 20.3. The summed E-state index contributed by atoms with van der Waals surface area (Å²) in [6, 6.07) is 4.27. The summed E-state index contributed by atoms with van der Waals surface area (Å²) < 4.78 is 0. The van der Waals surface area contributed by atoms with Crippen LogP contribution in [0.4, 0.5) is 5.69 Å². The lowest BCUT2D eigenvalue weighted by Crippen LogP contribution is -2.52. The van der Waals surface area contributed by atoms with Crippen LogP contribution in [0.1, 0.15) is 43.1 Å². The van der Waals surface area contributed by atoms with E-state index >= 15 is 0 Å². The molecule has 3 N–H and O–H groups in total. The molecule has 1 amide bonds. The minimum atomic E-state index is -0.525. The van der Waals surface area contributed by atoms with E-state index in [0.717, 1.165) is 6.42 Å². The van der Waals surface area contributed by atoms with Crippen LogP contribution in [-0.4, -0.2) is 22.9 Å². The maximum Gasteiger partial charge on any atom is 0.270 e. The second-order valence-electron chi connectivity index (χ2n) is 6.07. The maximum absolute atomic E-state index is 12.4. The molecule has 0 spiro atoms. The van der Waals surface area contributed by atoms with Gasteiger partial charge in [-0.1, -0.05) is 19.9 Å². The SMILES string of the molecule is Cc1ccc([N+](=O)[O-])cc1C(=O)NC(C)(CN)CC(C)C.Cl. The van der Waals surface area contributed by atoms with Crippen molar-refractivity contribution in [2.45, 2.75) is 39.7 Å². The minimum Gasteiger partial charge on any atom is -0.346 e. The molecule has 7 heteroatoms. The van der Waals surface area contributed by atoms with Crippen molar-refractivity contribution in [2.75, 3.05) is 6.54 Å². The Morgan fingerprint density at radius 2 is 2.05 bits per heavy atom. The van der Waals surface area contributed by atoms with Crippen molar-refractivity contribution >= 4 is 24.0 Å². The largest absolute Gasteiger partial charge is 0.346 e. The number of nitro benzene ring substituents is 1. The van der Waals surface area contributed by atoms with E-state index in [4.69, 9.17) is 5.73 Å². The van der Waals surface area contributed by atoms with Crippen LogP contribution in [0.25, 0.3) is 0 Å². The molecule has 0 saturated heterocycles. The van der Waals surface area contributed by atoms with Crippen molar-refractivity contribution < 1.29 is 9.72 Å². The number of hydrogen-bond acceptors (Lipinski definition) is 4. The van der Waals surface area contributed by atoms with E-state index in [-0.39, 0.29) is 24.0 Å². The number of hydrogen-bond donors (Lipinski definition) is 2. The first-order valence-corrected chi connectivity index (χ1v) is 6.96. The Labute approximate surface area is 137 Å². The Balaban J connectivity index is 0.00000441. The van der Waals surface area contributed by atoms with Gasteiger partial charge >= 0.3 is 0 Å². The third kappa shape index (κ3) is 5.27. The van der Waals surface area contributed by atoms with Gasteiger partial charge in [-0.3, -0.25) is 14.9 Å². The fourth-order valence-electron chi connectivity index (χ4n) is 2.40. The Kier molecular flexibility index (Phi) is 7.49. The number of halogens is 1. The van der Waals surface area contributed by atoms with E-state index < -0.39 is 10.5 Å². The third-order valence-corrected chi connectivity index (χ3v) is 3.40. The van der Waals surface area contributed by atoms with Gasteiger partial charge in [-0.15, -0.1) is 12.4 Å². The number of carbonyl (C=O) groups excluding carboxylic acids is 1. The van der Waals surface area contributed by atoms with E-state index in [2.05, 4.69) is 19.2 Å². The number of carbonyl (C=O) groups is 1. The van der Waals surface area contributed by atoms with Crippen LogP contribution >= 0.6 is 12.4 Å². The molecule has 0 aliphatic rings. The lowest BCUT2D eigenvalue weighted by Gasteiger charge is -2.31. The molecule has 6 nitrogen and oxygen atoms in total. The summed E-state index contributed by atoms with van der Waals surface area (Å²) >= 11 is 0. The number of aryl methyl sites for hydroxylation is 1. The summed E-state index contributed by atoms with van der Waals surface area (Å²) in [5.74, 6) is 0.0508. The number of nitrogens with zero attached hydrogens (tertiary/aromatic N) is 1. The Hall–Kier alpha value is -1.66. The van der Waals surface area contributed by atoms with Gasteiger partial charge in [0.25, 0.3) is 11.6 Å². The standard InChI is InChI=1S/C15H23N3O3.ClH/c1-10(2)8-15(4,9-16)17-14(19)13-7-12(18(20)21)6-5-11(13)3;/h5-7,10H,8-9,16H2,1-4H3,(H,17,19);1H. The molecule has 0 fully saturated rings. The second-order valence-corrected chi connectivity index (χ2v) is 6.07. The maximum atomic E-state index is 12.4. The molecule has 1 aromatic carbocycles. The zero-order chi connectivity index (χ0) is 16.2. The lowest BCUT2D eigenvalue weighted by molar-refractivity contribution is -0.384. The molecule has 1 unspecified atom stereocenters. The van der Waals surface area contributed by atoms with Gasteiger partial charge < -0.3 is 11.1 Å². The van der Waals surface area contributed by atoms with E-state index in [1.54, 1.807) is 13.0 Å². The zero-order valence-electron chi connectivity index (χ0n) is 13.4. The lowest BCUT2D eigenvalue weighted by atomic mass is 9.90. The summed E-state index contributed by atoms with van der Waals surface area (Å²) in [6.07, 6.45) is 0.739. The third-order valence-electron chi connectivity index (χ3n) is 3.40. The highest BCUT2D eigenvalue weighted by molar-refractivity contribution is 5.96. The van der Waals surface area contributed by atoms with Crippen molar-refractivity contribution in [1.29, 1.82) is 0 Å². The van der Waals surface area contributed by atoms with Crippen LogP contribution in [0, 0.1) is 23.0 Å². The molecule has 0 radical (unpaired) electrons. The second kappa shape index (κ2) is 8.10. The average molecular weight is 330 g/mol. The van der Waals surface area contributed by atoms with Crippen molar-refractivity contribution in [2.24, 2.45) is 11.7 Å². The summed E-state index contributed by atoms with van der Waals surface area (Å²) in [6.45, 7) is 8.06.